The minimum absolute atomic E-state index is 0.0202. The van der Waals surface area contributed by atoms with Crippen LogP contribution in [-0.4, -0.2) is 136 Å². The maximum absolute atomic E-state index is 15.1. The van der Waals surface area contributed by atoms with Crippen LogP contribution in [0.5, 0.6) is 11.5 Å². The SMILES string of the molecule is CCCCCCCCCCN(CCC(=O)N[C@@H](CCCCNC(=O)OC(C)(C)C)C(=O)N(C)[C@@H]1C(=O)N[C@@H](C)C(=O)N[C@H](C(=O)N[C@@H](C)C(C)=O)Cc2ccc(O)c(c2)-c2cc1ccc2OC(=O)OC(C)(C)C)C(=O)OC(C)(C)C. The van der Waals surface area contributed by atoms with Gasteiger partial charge in [-0.05, 0) is 144 Å². The number of nitrogens with one attached hydrogen (secondary N) is 5. The topological polar surface area (TPSA) is 277 Å². The first kappa shape index (κ1) is 67.3. The average Bonchev–Trinajstić information content (AvgIpc) is 3.33. The number of fused-ring (bicyclic) bond motifs is 5. The molecule has 0 saturated carbocycles. The van der Waals surface area contributed by atoms with Crippen LogP contribution in [0.3, 0.4) is 0 Å². The average molecular weight is 1120 g/mol. The van der Waals surface area contributed by atoms with Gasteiger partial charge in [0.05, 0.1) is 6.04 Å². The normalized spacial score (nSPS) is 16.5. The van der Waals surface area contributed by atoms with Gasteiger partial charge in [-0.25, -0.2) is 14.4 Å². The lowest BCUT2D eigenvalue weighted by molar-refractivity contribution is -0.143. The molecule has 0 spiro atoms. The molecule has 446 valence electrons. The summed E-state index contributed by atoms with van der Waals surface area (Å²) in [6.07, 6.45) is 6.32. The molecular weight excluding hydrogens is 1030 g/mol. The molecule has 2 aromatic carbocycles. The number of unbranched alkanes of at least 4 members (excludes halogenated alkanes) is 8. The Morgan fingerprint density at radius 3 is 1.98 bits per heavy atom. The number of nitrogens with zero attached hydrogens (tertiary/aromatic N) is 2. The summed E-state index contributed by atoms with van der Waals surface area (Å²) in [5.41, 5.74) is -1.84. The summed E-state index contributed by atoms with van der Waals surface area (Å²) in [6.45, 7) is 22.2. The lowest BCUT2D eigenvalue weighted by Gasteiger charge is -2.33. The summed E-state index contributed by atoms with van der Waals surface area (Å²) in [7, 11) is 1.34. The summed E-state index contributed by atoms with van der Waals surface area (Å²) in [6, 6.07) is 2.20. The molecule has 7 amide bonds. The number of carbonyl (C=O) groups is 9. The van der Waals surface area contributed by atoms with Crippen LogP contribution in [0.2, 0.25) is 0 Å². The van der Waals surface area contributed by atoms with Crippen molar-refractivity contribution in [3.63, 3.8) is 0 Å². The van der Waals surface area contributed by atoms with Gasteiger partial charge >= 0.3 is 18.3 Å². The number of rotatable bonds is 24. The number of hydrogen-bond donors (Lipinski definition) is 6. The number of ketones is 1. The van der Waals surface area contributed by atoms with Crippen LogP contribution in [0, 0.1) is 0 Å². The molecule has 21 heteroatoms. The lowest BCUT2D eigenvalue weighted by Crippen LogP contribution is -2.56. The smallest absolute Gasteiger partial charge is 0.507 e. The molecule has 5 atom stereocenters. The first-order valence-electron chi connectivity index (χ1n) is 28.1. The standard InChI is InChI=1S/C59H91N7O14/c1-15-16-17-18-19-20-21-24-32-66(55(75)79-58(8,9)10)33-30-48(69)63-44(25-22-23-31-60-54(74)78-57(5,6)7)53(73)65(14)49-41-27-29-47(77-56(76)80-59(11,12)13)43(36-41)42-34-40(26-28-46(42)68)35-45(51(71)61-37(2)39(4)67)64-50(70)38(3)62-52(49)72/h26-29,34,36-38,44-45,49,68H,15-25,30-33,35H2,1-14H3,(H,60,74)(H,61,71)(H,62,72)(H,63,69)(H,64,70)/t37-,38-,44-,45-,49-/m0/s1. The van der Waals surface area contributed by atoms with Crippen molar-refractivity contribution in [2.45, 2.75) is 220 Å². The highest BCUT2D eigenvalue weighted by Crippen LogP contribution is 2.40. The van der Waals surface area contributed by atoms with Crippen molar-refractivity contribution in [1.29, 1.82) is 0 Å². The van der Waals surface area contributed by atoms with Gasteiger partial charge in [0.2, 0.25) is 29.5 Å². The Morgan fingerprint density at radius 1 is 0.738 bits per heavy atom. The van der Waals surface area contributed by atoms with Crippen LogP contribution in [0.4, 0.5) is 14.4 Å². The first-order chi connectivity index (χ1) is 37.3. The van der Waals surface area contributed by atoms with Crippen molar-refractivity contribution in [2.24, 2.45) is 0 Å². The van der Waals surface area contributed by atoms with Crippen LogP contribution in [-0.2, 0) is 49.4 Å². The lowest BCUT2D eigenvalue weighted by atomic mass is 9.93. The van der Waals surface area contributed by atoms with Crippen molar-refractivity contribution in [3.05, 3.63) is 47.5 Å². The highest BCUT2D eigenvalue weighted by molar-refractivity contribution is 5.97. The monoisotopic (exact) mass is 1120 g/mol. The van der Waals surface area contributed by atoms with Gasteiger partial charge in [-0.1, -0.05) is 64.0 Å². The summed E-state index contributed by atoms with van der Waals surface area (Å²) < 4.78 is 22.3. The molecule has 80 heavy (non-hydrogen) atoms. The van der Waals surface area contributed by atoms with Crippen molar-refractivity contribution in [3.8, 4) is 22.6 Å². The van der Waals surface area contributed by atoms with Crippen molar-refractivity contribution in [1.82, 2.24) is 36.4 Å². The van der Waals surface area contributed by atoms with E-state index < -0.39 is 94.9 Å². The number of likely N-dealkylation sites (N-methyl/N-ethyl adjacent to an activating group) is 1. The van der Waals surface area contributed by atoms with E-state index in [9.17, 15) is 43.5 Å². The van der Waals surface area contributed by atoms with Crippen LogP contribution >= 0.6 is 0 Å². The van der Waals surface area contributed by atoms with E-state index in [1.165, 1.54) is 82.0 Å². The molecule has 1 aliphatic rings. The third-order valence-electron chi connectivity index (χ3n) is 12.8. The second-order valence-corrected chi connectivity index (χ2v) is 23.6. The fourth-order valence-corrected chi connectivity index (χ4v) is 8.54. The van der Waals surface area contributed by atoms with Gasteiger partial charge in [0.1, 0.15) is 52.5 Å². The van der Waals surface area contributed by atoms with E-state index in [2.05, 4.69) is 33.5 Å². The van der Waals surface area contributed by atoms with Gasteiger partial charge in [-0.2, -0.15) is 0 Å². The molecule has 1 heterocycles. The minimum Gasteiger partial charge on any atom is -0.507 e. The molecule has 3 rings (SSSR count). The number of ether oxygens (including phenoxy) is 4. The fraction of sp³-hybridized carbons (Fsp3) is 0.644. The zero-order chi connectivity index (χ0) is 60.1. The predicted molar refractivity (Wildman–Crippen MR) is 302 cm³/mol. The summed E-state index contributed by atoms with van der Waals surface area (Å²) in [5, 5.41) is 25.0. The largest absolute Gasteiger partial charge is 0.514 e. The summed E-state index contributed by atoms with van der Waals surface area (Å²) >= 11 is 0. The van der Waals surface area contributed by atoms with Crippen LogP contribution in [0.1, 0.15) is 184 Å². The van der Waals surface area contributed by atoms with Crippen LogP contribution < -0.4 is 31.3 Å². The second kappa shape index (κ2) is 31.2. The third kappa shape index (κ3) is 23.8. The van der Waals surface area contributed by atoms with E-state index in [0.717, 1.165) is 37.0 Å². The van der Waals surface area contributed by atoms with E-state index in [0.29, 0.717) is 24.9 Å². The minimum atomic E-state index is -1.58. The highest BCUT2D eigenvalue weighted by atomic mass is 16.7. The zero-order valence-electron chi connectivity index (χ0n) is 49.8. The maximum atomic E-state index is 15.1. The molecular formula is C59H91N7O14. The summed E-state index contributed by atoms with van der Waals surface area (Å²) in [5.74, 6) is -4.46. The van der Waals surface area contributed by atoms with Crippen molar-refractivity contribution >= 4 is 53.7 Å². The maximum Gasteiger partial charge on any atom is 0.514 e. The number of hydrogen-bond acceptors (Lipinski definition) is 14. The van der Waals surface area contributed by atoms with Gasteiger partial charge in [-0.3, -0.25) is 28.8 Å². The first-order valence-corrected chi connectivity index (χ1v) is 28.1. The molecule has 6 N–H and O–H groups in total. The van der Waals surface area contributed by atoms with Gasteiger partial charge in [0.25, 0.3) is 0 Å². The molecule has 21 nitrogen and oxygen atoms in total. The molecule has 4 bridgehead atoms. The zero-order valence-corrected chi connectivity index (χ0v) is 49.8. The number of amides is 7. The van der Waals surface area contributed by atoms with E-state index in [-0.39, 0.29) is 72.7 Å². The molecule has 0 aromatic heterocycles. The van der Waals surface area contributed by atoms with Gasteiger partial charge < -0.3 is 60.4 Å². The quantitative estimate of drug-likeness (QED) is 0.0249. The van der Waals surface area contributed by atoms with E-state index in [4.69, 9.17) is 18.9 Å². The molecule has 0 fully saturated rings. The second-order valence-electron chi connectivity index (χ2n) is 23.6. The Bertz CT molecular complexity index is 2460. The molecule has 0 unspecified atom stereocenters. The van der Waals surface area contributed by atoms with Crippen molar-refractivity contribution in [2.75, 3.05) is 26.7 Å². The molecule has 0 radical (unpaired) electrons. The number of phenols is 1. The Kier molecular flexibility index (Phi) is 26.2. The number of carbonyl (C=O) groups excluding carboxylic acids is 9. The van der Waals surface area contributed by atoms with E-state index >= 15 is 4.79 Å². The Morgan fingerprint density at radius 2 is 1.36 bits per heavy atom. The Balaban J connectivity index is 2.14. The molecule has 2 aromatic rings. The molecule has 0 aliphatic carbocycles. The van der Waals surface area contributed by atoms with Crippen LogP contribution in [0.15, 0.2) is 36.4 Å². The van der Waals surface area contributed by atoms with Crippen molar-refractivity contribution < 1.29 is 67.2 Å². The van der Waals surface area contributed by atoms with Crippen LogP contribution in [0.25, 0.3) is 11.1 Å². The van der Waals surface area contributed by atoms with Gasteiger partial charge in [-0.15, -0.1) is 0 Å². The number of benzene rings is 2. The van der Waals surface area contributed by atoms with E-state index in [1.807, 2.05) is 0 Å². The number of aromatic hydroxyl groups is 1. The highest BCUT2D eigenvalue weighted by Gasteiger charge is 2.37. The third-order valence-corrected chi connectivity index (χ3v) is 12.8. The number of phenolic OH excluding ortho intramolecular Hbond substituents is 1. The predicted octanol–water partition coefficient (Wildman–Crippen LogP) is 8.46. The fourth-order valence-electron chi connectivity index (χ4n) is 8.54. The van der Waals surface area contributed by atoms with Gasteiger partial charge in [0, 0.05) is 50.7 Å². The number of Topliss-reactive ketones (excluding diaryl/α,β-unsaturated/α-hetero) is 1. The molecule has 0 saturated heterocycles. The Hall–Kier alpha value is -6.93. The Labute approximate surface area is 473 Å². The summed E-state index contributed by atoms with van der Waals surface area (Å²) in [4.78, 5) is 126. The molecule has 1 aliphatic heterocycles. The van der Waals surface area contributed by atoms with E-state index in [1.54, 1.807) is 62.3 Å². The van der Waals surface area contributed by atoms with Gasteiger partial charge in [0.15, 0.2) is 5.78 Å². The number of alkyl carbamates (subject to hydrolysis) is 1.